The van der Waals surface area contributed by atoms with Crippen LogP contribution in [-0.2, 0) is 0 Å². The van der Waals surface area contributed by atoms with Gasteiger partial charge in [-0.25, -0.2) is 0 Å². The summed E-state index contributed by atoms with van der Waals surface area (Å²) in [5, 5.41) is 7.44. The number of para-hydroxylation sites is 1. The molecule has 2 heterocycles. The number of carbonyl (C=O) groups is 1. The van der Waals surface area contributed by atoms with E-state index in [0.717, 1.165) is 31.6 Å². The van der Waals surface area contributed by atoms with Crippen LogP contribution in [0.5, 0.6) is 0 Å². The fourth-order valence-electron chi connectivity index (χ4n) is 4.25. The summed E-state index contributed by atoms with van der Waals surface area (Å²) in [6, 6.07) is 10.2. The molecule has 2 fully saturated rings. The summed E-state index contributed by atoms with van der Waals surface area (Å²) < 4.78 is 5.89. The lowest BCUT2D eigenvalue weighted by atomic mass is 10.0. The molecule has 0 spiro atoms. The van der Waals surface area contributed by atoms with Crippen molar-refractivity contribution in [3.05, 3.63) is 45.8 Å². The van der Waals surface area contributed by atoms with Crippen LogP contribution < -0.4 is 15.5 Å². The van der Waals surface area contributed by atoms with Crippen molar-refractivity contribution in [1.29, 1.82) is 0 Å². The highest BCUT2D eigenvalue weighted by atomic mass is 79.9. The van der Waals surface area contributed by atoms with Gasteiger partial charge in [0.1, 0.15) is 0 Å². The van der Waals surface area contributed by atoms with E-state index in [-0.39, 0.29) is 11.7 Å². The molecule has 5 nitrogen and oxygen atoms in total. The van der Waals surface area contributed by atoms with Gasteiger partial charge in [-0.3, -0.25) is 4.79 Å². The summed E-state index contributed by atoms with van der Waals surface area (Å²) in [6.45, 7) is 1.84. The minimum absolute atomic E-state index is 0.261. The molecule has 4 rings (SSSR count). The van der Waals surface area contributed by atoms with Gasteiger partial charge in [0.05, 0.1) is 16.4 Å². The minimum atomic E-state index is -0.285. The highest BCUT2D eigenvalue weighted by Crippen LogP contribution is 2.36. The third-order valence-corrected chi connectivity index (χ3v) is 6.40. The predicted molar refractivity (Wildman–Crippen MR) is 116 cm³/mol. The van der Waals surface area contributed by atoms with Gasteiger partial charge in [-0.1, -0.05) is 30.5 Å². The smallest absolute Gasteiger partial charge is 0.291 e. The van der Waals surface area contributed by atoms with Gasteiger partial charge in [-0.05, 0) is 65.9 Å². The molecule has 1 aromatic carbocycles. The molecular formula is C21H25BrClN3O2. The summed E-state index contributed by atoms with van der Waals surface area (Å²) in [7, 11) is 0. The van der Waals surface area contributed by atoms with E-state index >= 15 is 0 Å². The van der Waals surface area contributed by atoms with Gasteiger partial charge in [-0.2, -0.15) is 0 Å². The van der Waals surface area contributed by atoms with E-state index in [4.69, 9.17) is 16.0 Å². The first-order chi connectivity index (χ1) is 13.6. The number of nitrogens with one attached hydrogen (secondary N) is 2. The predicted octanol–water partition coefficient (Wildman–Crippen LogP) is 5.45. The average Bonchev–Trinajstić information content (AvgIpc) is 3.35. The number of piperidine rings is 1. The molecule has 150 valence electrons. The third-order valence-electron chi connectivity index (χ3n) is 5.67. The standard InChI is InChI=1S/C21H25BrClN3O2/c22-19-9-8-18(28-19)21(27)25-17-7-3-6-16(23)20(17)26-12-10-15(11-13-26)24-14-4-1-2-5-14/h3,6-9,14-15,24H,1-2,4-5,10-13H2,(H,25,27). The zero-order valence-corrected chi connectivity index (χ0v) is 18.1. The number of anilines is 2. The monoisotopic (exact) mass is 465 g/mol. The molecule has 0 atom stereocenters. The number of carbonyl (C=O) groups excluding carboxylic acids is 1. The van der Waals surface area contributed by atoms with Crippen LogP contribution >= 0.6 is 27.5 Å². The number of benzene rings is 1. The number of hydrogen-bond acceptors (Lipinski definition) is 4. The molecule has 2 aromatic rings. The van der Waals surface area contributed by atoms with Crippen molar-refractivity contribution in [3.63, 3.8) is 0 Å². The van der Waals surface area contributed by atoms with Crippen LogP contribution in [0.2, 0.25) is 5.02 Å². The molecule has 2 N–H and O–H groups in total. The molecule has 0 radical (unpaired) electrons. The maximum absolute atomic E-state index is 12.5. The van der Waals surface area contributed by atoms with Crippen LogP contribution in [0, 0.1) is 0 Å². The largest absolute Gasteiger partial charge is 0.444 e. The van der Waals surface area contributed by atoms with Crippen LogP contribution in [0.1, 0.15) is 49.1 Å². The van der Waals surface area contributed by atoms with Crippen LogP contribution in [0.3, 0.4) is 0 Å². The van der Waals surface area contributed by atoms with Crippen LogP contribution in [0.4, 0.5) is 11.4 Å². The molecule has 2 aliphatic rings. The Hall–Kier alpha value is -1.50. The number of furan rings is 1. The van der Waals surface area contributed by atoms with E-state index in [1.165, 1.54) is 25.7 Å². The Morgan fingerprint density at radius 1 is 1.07 bits per heavy atom. The molecular weight excluding hydrogens is 442 g/mol. The van der Waals surface area contributed by atoms with Crippen LogP contribution in [0.25, 0.3) is 0 Å². The Kier molecular flexibility index (Phi) is 6.28. The number of halogens is 2. The number of hydrogen-bond donors (Lipinski definition) is 2. The first-order valence-electron chi connectivity index (χ1n) is 9.96. The maximum atomic E-state index is 12.5. The van der Waals surface area contributed by atoms with E-state index in [1.807, 2.05) is 18.2 Å². The van der Waals surface area contributed by atoms with Gasteiger partial charge in [0.25, 0.3) is 5.91 Å². The summed E-state index contributed by atoms with van der Waals surface area (Å²) in [4.78, 5) is 14.8. The highest BCUT2D eigenvalue weighted by molar-refractivity contribution is 9.10. The first kappa shape index (κ1) is 19.8. The topological polar surface area (TPSA) is 57.5 Å². The molecule has 1 aliphatic heterocycles. The van der Waals surface area contributed by atoms with Crippen molar-refractivity contribution in [2.24, 2.45) is 0 Å². The van der Waals surface area contributed by atoms with Gasteiger partial charge < -0.3 is 20.0 Å². The molecule has 1 aliphatic carbocycles. The molecule has 1 aromatic heterocycles. The van der Waals surface area contributed by atoms with Crippen LogP contribution in [-0.4, -0.2) is 31.1 Å². The van der Waals surface area contributed by atoms with E-state index in [2.05, 4.69) is 31.5 Å². The zero-order valence-electron chi connectivity index (χ0n) is 15.7. The summed E-state index contributed by atoms with van der Waals surface area (Å²) >= 11 is 9.76. The Morgan fingerprint density at radius 3 is 2.46 bits per heavy atom. The fraction of sp³-hybridized carbons (Fsp3) is 0.476. The Bertz CT molecular complexity index is 827. The summed E-state index contributed by atoms with van der Waals surface area (Å²) in [5.41, 5.74) is 1.61. The summed E-state index contributed by atoms with van der Waals surface area (Å²) in [6.07, 6.45) is 7.49. The van der Waals surface area contributed by atoms with E-state index in [9.17, 15) is 4.79 Å². The fourth-order valence-corrected chi connectivity index (χ4v) is 4.85. The number of amides is 1. The van der Waals surface area contributed by atoms with E-state index in [1.54, 1.807) is 12.1 Å². The van der Waals surface area contributed by atoms with Crippen molar-refractivity contribution in [1.82, 2.24) is 5.32 Å². The van der Waals surface area contributed by atoms with Crippen molar-refractivity contribution in [2.45, 2.75) is 50.6 Å². The lowest BCUT2D eigenvalue weighted by Gasteiger charge is -2.36. The second kappa shape index (κ2) is 8.89. The lowest BCUT2D eigenvalue weighted by Crippen LogP contribution is -2.45. The average molecular weight is 467 g/mol. The van der Waals surface area contributed by atoms with Crippen molar-refractivity contribution >= 4 is 44.8 Å². The molecule has 0 bridgehead atoms. The Balaban J connectivity index is 1.43. The normalized spacial score (nSPS) is 18.6. The van der Waals surface area contributed by atoms with Gasteiger partial charge in [0.2, 0.25) is 0 Å². The Labute approximate surface area is 178 Å². The Morgan fingerprint density at radius 2 is 1.79 bits per heavy atom. The SMILES string of the molecule is O=C(Nc1cccc(Cl)c1N1CCC(NC2CCCC2)CC1)c1ccc(Br)o1. The van der Waals surface area contributed by atoms with Crippen molar-refractivity contribution in [2.75, 3.05) is 23.3 Å². The molecule has 1 amide bonds. The highest BCUT2D eigenvalue weighted by Gasteiger charge is 2.26. The second-order valence-electron chi connectivity index (χ2n) is 7.60. The van der Waals surface area contributed by atoms with E-state index < -0.39 is 0 Å². The molecule has 1 saturated heterocycles. The van der Waals surface area contributed by atoms with Crippen LogP contribution in [0.15, 0.2) is 39.4 Å². The third kappa shape index (κ3) is 4.56. The molecule has 7 heteroatoms. The van der Waals surface area contributed by atoms with Crippen molar-refractivity contribution in [3.8, 4) is 0 Å². The molecule has 1 saturated carbocycles. The molecule has 0 unspecified atom stereocenters. The van der Waals surface area contributed by atoms with Gasteiger partial charge >= 0.3 is 0 Å². The van der Waals surface area contributed by atoms with Gasteiger partial charge in [-0.15, -0.1) is 0 Å². The zero-order chi connectivity index (χ0) is 19.5. The number of rotatable bonds is 5. The van der Waals surface area contributed by atoms with Crippen molar-refractivity contribution < 1.29 is 9.21 Å². The molecule has 28 heavy (non-hydrogen) atoms. The second-order valence-corrected chi connectivity index (χ2v) is 8.79. The lowest BCUT2D eigenvalue weighted by molar-refractivity contribution is 0.0995. The van der Waals surface area contributed by atoms with Gasteiger partial charge in [0.15, 0.2) is 10.4 Å². The maximum Gasteiger partial charge on any atom is 0.291 e. The van der Waals surface area contributed by atoms with Gasteiger partial charge in [0, 0.05) is 25.2 Å². The van der Waals surface area contributed by atoms with E-state index in [0.29, 0.717) is 27.5 Å². The minimum Gasteiger partial charge on any atom is -0.444 e. The summed E-state index contributed by atoms with van der Waals surface area (Å²) in [5.74, 6) is -0.0238. The number of nitrogens with zero attached hydrogens (tertiary/aromatic N) is 1. The first-order valence-corrected chi connectivity index (χ1v) is 11.1. The quantitative estimate of drug-likeness (QED) is 0.615.